The van der Waals surface area contributed by atoms with Crippen LogP contribution in [0.1, 0.15) is 23.6 Å². The van der Waals surface area contributed by atoms with Gasteiger partial charge in [-0.3, -0.25) is 0 Å². The van der Waals surface area contributed by atoms with Crippen LogP contribution < -0.4 is 10.2 Å². The van der Waals surface area contributed by atoms with E-state index < -0.39 is 0 Å². The molecule has 2 aromatic carbocycles. The first-order chi connectivity index (χ1) is 9.72. The minimum absolute atomic E-state index is 0.909. The van der Waals surface area contributed by atoms with E-state index in [1.165, 1.54) is 22.4 Å². The molecule has 0 aliphatic rings. The van der Waals surface area contributed by atoms with Gasteiger partial charge in [-0.15, -0.1) is 0 Å². The molecule has 106 valence electrons. The predicted molar refractivity (Wildman–Crippen MR) is 87.1 cm³/mol. The highest BCUT2D eigenvalue weighted by atomic mass is 15.1. The third kappa shape index (κ3) is 3.61. The fourth-order valence-corrected chi connectivity index (χ4v) is 2.38. The molecule has 2 aromatic rings. The average Bonchev–Trinajstić information content (AvgIpc) is 2.49. The van der Waals surface area contributed by atoms with Crippen molar-refractivity contribution in [3.8, 4) is 0 Å². The molecule has 0 atom stereocenters. The molecule has 0 unspecified atom stereocenters. The van der Waals surface area contributed by atoms with E-state index in [1.54, 1.807) is 0 Å². The largest absolute Gasteiger partial charge is 0.375 e. The van der Waals surface area contributed by atoms with Crippen LogP contribution in [0.25, 0.3) is 0 Å². The highest BCUT2D eigenvalue weighted by Gasteiger charge is 2.06. The van der Waals surface area contributed by atoms with Crippen LogP contribution in [0, 0.1) is 6.92 Å². The van der Waals surface area contributed by atoms with Crippen LogP contribution in [0.3, 0.4) is 0 Å². The van der Waals surface area contributed by atoms with Crippen LogP contribution in [0.2, 0.25) is 0 Å². The first-order valence-corrected chi connectivity index (χ1v) is 7.26. The van der Waals surface area contributed by atoms with Crippen LogP contribution in [-0.4, -0.2) is 13.6 Å². The third-order valence-electron chi connectivity index (χ3n) is 3.79. The summed E-state index contributed by atoms with van der Waals surface area (Å²) < 4.78 is 0. The zero-order valence-electron chi connectivity index (χ0n) is 12.7. The SMILES string of the molecule is CCN(C)c1cccc(CNCc2ccccc2)c1C. The monoisotopic (exact) mass is 268 g/mol. The summed E-state index contributed by atoms with van der Waals surface area (Å²) in [5.74, 6) is 0. The molecular formula is C18H24N2. The van der Waals surface area contributed by atoms with Crippen molar-refractivity contribution in [1.82, 2.24) is 5.32 Å². The van der Waals surface area contributed by atoms with Gasteiger partial charge in [-0.25, -0.2) is 0 Å². The fourth-order valence-electron chi connectivity index (χ4n) is 2.38. The van der Waals surface area contributed by atoms with Crippen molar-refractivity contribution < 1.29 is 0 Å². The van der Waals surface area contributed by atoms with Gasteiger partial charge in [-0.1, -0.05) is 42.5 Å². The highest BCUT2D eigenvalue weighted by Crippen LogP contribution is 2.22. The van der Waals surface area contributed by atoms with Crippen molar-refractivity contribution in [3.05, 3.63) is 65.2 Å². The molecule has 0 heterocycles. The molecule has 0 amide bonds. The van der Waals surface area contributed by atoms with Crippen molar-refractivity contribution >= 4 is 5.69 Å². The Morgan fingerprint density at radius 1 is 0.950 bits per heavy atom. The number of hydrogen-bond acceptors (Lipinski definition) is 2. The Kier molecular flexibility index (Phi) is 5.19. The van der Waals surface area contributed by atoms with E-state index in [-0.39, 0.29) is 0 Å². The van der Waals surface area contributed by atoms with E-state index in [2.05, 4.69) is 79.6 Å². The minimum atomic E-state index is 0.909. The number of anilines is 1. The molecule has 0 fully saturated rings. The van der Waals surface area contributed by atoms with Crippen molar-refractivity contribution in [2.75, 3.05) is 18.5 Å². The quantitative estimate of drug-likeness (QED) is 0.858. The van der Waals surface area contributed by atoms with Crippen molar-refractivity contribution in [2.45, 2.75) is 26.9 Å². The first kappa shape index (κ1) is 14.6. The smallest absolute Gasteiger partial charge is 0.0396 e. The lowest BCUT2D eigenvalue weighted by Crippen LogP contribution is -2.19. The van der Waals surface area contributed by atoms with Gasteiger partial charge in [0.2, 0.25) is 0 Å². The number of nitrogens with zero attached hydrogens (tertiary/aromatic N) is 1. The molecular weight excluding hydrogens is 244 g/mol. The van der Waals surface area contributed by atoms with E-state index in [0.717, 1.165) is 19.6 Å². The van der Waals surface area contributed by atoms with E-state index in [4.69, 9.17) is 0 Å². The lowest BCUT2D eigenvalue weighted by Gasteiger charge is -2.21. The molecule has 20 heavy (non-hydrogen) atoms. The molecule has 0 aliphatic carbocycles. The molecule has 2 heteroatoms. The summed E-state index contributed by atoms with van der Waals surface area (Å²) in [4.78, 5) is 2.29. The van der Waals surface area contributed by atoms with Gasteiger partial charge >= 0.3 is 0 Å². The van der Waals surface area contributed by atoms with Crippen LogP contribution in [0.5, 0.6) is 0 Å². The third-order valence-corrected chi connectivity index (χ3v) is 3.79. The van der Waals surface area contributed by atoms with Gasteiger partial charge in [-0.05, 0) is 36.6 Å². The maximum atomic E-state index is 3.52. The van der Waals surface area contributed by atoms with Gasteiger partial charge in [0.25, 0.3) is 0 Å². The Balaban J connectivity index is 1.99. The van der Waals surface area contributed by atoms with Gasteiger partial charge in [-0.2, -0.15) is 0 Å². The number of hydrogen-bond donors (Lipinski definition) is 1. The first-order valence-electron chi connectivity index (χ1n) is 7.26. The minimum Gasteiger partial charge on any atom is -0.375 e. The molecule has 2 rings (SSSR count). The second-order valence-electron chi connectivity index (χ2n) is 5.16. The van der Waals surface area contributed by atoms with Crippen molar-refractivity contribution in [1.29, 1.82) is 0 Å². The Morgan fingerprint density at radius 3 is 2.40 bits per heavy atom. The topological polar surface area (TPSA) is 15.3 Å². The van der Waals surface area contributed by atoms with Gasteiger partial charge < -0.3 is 10.2 Å². The van der Waals surface area contributed by atoms with Crippen molar-refractivity contribution in [3.63, 3.8) is 0 Å². The molecule has 0 aromatic heterocycles. The second-order valence-corrected chi connectivity index (χ2v) is 5.16. The summed E-state index contributed by atoms with van der Waals surface area (Å²) in [6.07, 6.45) is 0. The molecule has 1 N–H and O–H groups in total. The summed E-state index contributed by atoms with van der Waals surface area (Å²) in [5, 5.41) is 3.52. The lowest BCUT2D eigenvalue weighted by molar-refractivity contribution is 0.690. The normalized spacial score (nSPS) is 10.6. The molecule has 0 saturated carbocycles. The number of rotatable bonds is 6. The van der Waals surface area contributed by atoms with Gasteiger partial charge in [0, 0.05) is 32.4 Å². The Hall–Kier alpha value is -1.80. The summed E-state index contributed by atoms with van der Waals surface area (Å²) in [6, 6.07) is 17.1. The van der Waals surface area contributed by atoms with Crippen LogP contribution in [-0.2, 0) is 13.1 Å². The molecule has 0 bridgehead atoms. The molecule has 0 saturated heterocycles. The Labute approximate surface area is 122 Å². The maximum Gasteiger partial charge on any atom is 0.0396 e. The van der Waals surface area contributed by atoms with E-state index in [0.29, 0.717) is 0 Å². The summed E-state index contributed by atoms with van der Waals surface area (Å²) in [7, 11) is 2.14. The zero-order valence-corrected chi connectivity index (χ0v) is 12.7. The molecule has 0 aliphatic heterocycles. The summed E-state index contributed by atoms with van der Waals surface area (Å²) >= 11 is 0. The number of benzene rings is 2. The maximum absolute atomic E-state index is 3.52. The van der Waals surface area contributed by atoms with E-state index >= 15 is 0 Å². The number of nitrogens with one attached hydrogen (secondary N) is 1. The molecule has 2 nitrogen and oxygen atoms in total. The summed E-state index contributed by atoms with van der Waals surface area (Å²) in [6.45, 7) is 7.24. The highest BCUT2D eigenvalue weighted by molar-refractivity contribution is 5.55. The average molecular weight is 268 g/mol. The van der Waals surface area contributed by atoms with Gasteiger partial charge in [0.05, 0.1) is 0 Å². The van der Waals surface area contributed by atoms with Gasteiger partial charge in [0.15, 0.2) is 0 Å². The van der Waals surface area contributed by atoms with Gasteiger partial charge in [0.1, 0.15) is 0 Å². The second kappa shape index (κ2) is 7.11. The van der Waals surface area contributed by atoms with Crippen LogP contribution in [0.15, 0.2) is 48.5 Å². The van der Waals surface area contributed by atoms with Crippen LogP contribution >= 0.6 is 0 Å². The molecule has 0 spiro atoms. The van der Waals surface area contributed by atoms with Crippen molar-refractivity contribution in [2.24, 2.45) is 0 Å². The standard InChI is InChI=1S/C18H24N2/c1-4-20(3)18-12-8-11-17(15(18)2)14-19-13-16-9-6-5-7-10-16/h5-12,19H,4,13-14H2,1-3H3. The Bertz CT molecular complexity index is 534. The van der Waals surface area contributed by atoms with E-state index in [9.17, 15) is 0 Å². The zero-order chi connectivity index (χ0) is 14.4. The molecule has 0 radical (unpaired) electrons. The van der Waals surface area contributed by atoms with E-state index in [1.807, 2.05) is 0 Å². The predicted octanol–water partition coefficient (Wildman–Crippen LogP) is 3.74. The fraction of sp³-hybridized carbons (Fsp3) is 0.333. The van der Waals surface area contributed by atoms with Crippen LogP contribution in [0.4, 0.5) is 5.69 Å². The lowest BCUT2D eigenvalue weighted by atomic mass is 10.1. The Morgan fingerprint density at radius 2 is 1.70 bits per heavy atom. The summed E-state index contributed by atoms with van der Waals surface area (Å²) in [5.41, 5.74) is 5.40.